The molecule has 4 rings (SSSR count). The van der Waals surface area contributed by atoms with Crippen LogP contribution in [0.4, 0.5) is 0 Å². The van der Waals surface area contributed by atoms with Crippen LogP contribution in [-0.4, -0.2) is 44.2 Å². The summed E-state index contributed by atoms with van der Waals surface area (Å²) in [7, 11) is 2.04. The van der Waals surface area contributed by atoms with Crippen LogP contribution in [0.15, 0.2) is 35.1 Å². The zero-order valence-corrected chi connectivity index (χ0v) is 14.4. The van der Waals surface area contributed by atoms with Gasteiger partial charge in [-0.25, -0.2) is 9.97 Å². The standard InChI is InChI=1S/C18H21N5O2/c1-12-19-14(9-18(24)20-12)16-11-25-8-7-23(16)10-17-21-13-5-3-4-6-15(13)22(17)2/h3-6,9,16H,7-8,10-11H2,1-2H3,(H,19,20,24). The number of aromatic nitrogens is 4. The Kier molecular flexibility index (Phi) is 4.10. The lowest BCUT2D eigenvalue weighted by Crippen LogP contribution is -2.40. The first-order valence-corrected chi connectivity index (χ1v) is 8.42. The molecule has 1 N–H and O–H groups in total. The predicted octanol–water partition coefficient (Wildman–Crippen LogP) is 1.54. The summed E-state index contributed by atoms with van der Waals surface area (Å²) in [6, 6.07) is 9.64. The number of benzene rings is 1. The zero-order valence-electron chi connectivity index (χ0n) is 14.4. The number of H-pyrrole nitrogens is 1. The third kappa shape index (κ3) is 3.08. The van der Waals surface area contributed by atoms with Crippen LogP contribution < -0.4 is 5.56 Å². The number of hydrogen-bond donors (Lipinski definition) is 1. The average molecular weight is 339 g/mol. The van der Waals surface area contributed by atoms with Gasteiger partial charge in [0, 0.05) is 19.7 Å². The Bertz CT molecular complexity index is 961. The summed E-state index contributed by atoms with van der Waals surface area (Å²) in [5.74, 6) is 1.62. The highest BCUT2D eigenvalue weighted by Crippen LogP contribution is 2.25. The summed E-state index contributed by atoms with van der Waals surface area (Å²) in [4.78, 5) is 26.1. The molecule has 3 aromatic rings. The molecule has 1 unspecified atom stereocenters. The van der Waals surface area contributed by atoms with Gasteiger partial charge in [0.15, 0.2) is 0 Å². The molecule has 0 bridgehead atoms. The van der Waals surface area contributed by atoms with Gasteiger partial charge in [0.05, 0.1) is 42.5 Å². The fraction of sp³-hybridized carbons (Fsp3) is 0.389. The Hall–Kier alpha value is -2.51. The van der Waals surface area contributed by atoms with Crippen LogP contribution in [0.3, 0.4) is 0 Å². The number of aryl methyl sites for hydroxylation is 2. The Morgan fingerprint density at radius 2 is 2.16 bits per heavy atom. The quantitative estimate of drug-likeness (QED) is 0.783. The SMILES string of the molecule is Cc1nc(C2COCCN2Cc2nc3ccccc3n2C)cc(=O)[nH]1. The third-order valence-corrected chi connectivity index (χ3v) is 4.68. The minimum atomic E-state index is -0.129. The molecule has 7 nitrogen and oxygen atoms in total. The van der Waals surface area contributed by atoms with Crippen LogP contribution in [0.2, 0.25) is 0 Å². The van der Waals surface area contributed by atoms with E-state index < -0.39 is 0 Å². The molecular formula is C18H21N5O2. The molecule has 1 aliphatic heterocycles. The molecule has 0 radical (unpaired) electrons. The van der Waals surface area contributed by atoms with E-state index in [1.165, 1.54) is 0 Å². The molecule has 1 aliphatic rings. The summed E-state index contributed by atoms with van der Waals surface area (Å²) in [5, 5.41) is 0. The molecule has 0 spiro atoms. The lowest BCUT2D eigenvalue weighted by Gasteiger charge is -2.34. The van der Waals surface area contributed by atoms with E-state index in [1.54, 1.807) is 13.0 Å². The van der Waals surface area contributed by atoms with E-state index in [-0.39, 0.29) is 11.6 Å². The molecule has 3 heterocycles. The summed E-state index contributed by atoms with van der Waals surface area (Å²) >= 11 is 0. The molecule has 2 aromatic heterocycles. The van der Waals surface area contributed by atoms with E-state index in [1.807, 2.05) is 25.2 Å². The molecule has 7 heteroatoms. The van der Waals surface area contributed by atoms with Crippen molar-refractivity contribution in [1.82, 2.24) is 24.4 Å². The minimum absolute atomic E-state index is 0.0467. The van der Waals surface area contributed by atoms with Gasteiger partial charge < -0.3 is 14.3 Å². The Labute approximate surface area is 145 Å². The number of rotatable bonds is 3. The number of ether oxygens (including phenoxy) is 1. The molecule has 1 atom stereocenters. The topological polar surface area (TPSA) is 76.0 Å². The largest absolute Gasteiger partial charge is 0.378 e. The lowest BCUT2D eigenvalue weighted by atomic mass is 10.1. The van der Waals surface area contributed by atoms with Crippen LogP contribution in [0, 0.1) is 6.92 Å². The van der Waals surface area contributed by atoms with E-state index in [9.17, 15) is 4.79 Å². The van der Waals surface area contributed by atoms with Crippen molar-refractivity contribution in [2.75, 3.05) is 19.8 Å². The van der Waals surface area contributed by atoms with Gasteiger partial charge in [-0.15, -0.1) is 0 Å². The number of imidazole rings is 1. The maximum absolute atomic E-state index is 11.8. The van der Waals surface area contributed by atoms with Crippen molar-refractivity contribution in [3.8, 4) is 0 Å². The fourth-order valence-electron chi connectivity index (χ4n) is 3.39. The van der Waals surface area contributed by atoms with Gasteiger partial charge in [-0.1, -0.05) is 12.1 Å². The molecule has 25 heavy (non-hydrogen) atoms. The molecule has 1 fully saturated rings. The highest BCUT2D eigenvalue weighted by molar-refractivity contribution is 5.75. The normalized spacial score (nSPS) is 18.7. The molecule has 130 valence electrons. The number of fused-ring (bicyclic) bond motifs is 1. The number of para-hydroxylation sites is 2. The monoisotopic (exact) mass is 339 g/mol. The zero-order chi connectivity index (χ0) is 17.4. The maximum Gasteiger partial charge on any atom is 0.251 e. The summed E-state index contributed by atoms with van der Waals surface area (Å²) in [5.41, 5.74) is 2.73. The lowest BCUT2D eigenvalue weighted by molar-refractivity contribution is -0.0157. The Morgan fingerprint density at radius 3 is 2.96 bits per heavy atom. The molecule has 1 saturated heterocycles. The first-order chi connectivity index (χ1) is 12.1. The van der Waals surface area contributed by atoms with Crippen molar-refractivity contribution < 1.29 is 4.74 Å². The number of aromatic amines is 1. The van der Waals surface area contributed by atoms with Crippen LogP contribution in [0.5, 0.6) is 0 Å². The van der Waals surface area contributed by atoms with Crippen molar-refractivity contribution in [3.05, 3.63) is 58.0 Å². The highest BCUT2D eigenvalue weighted by Gasteiger charge is 2.27. The van der Waals surface area contributed by atoms with Crippen LogP contribution >= 0.6 is 0 Å². The second-order valence-electron chi connectivity index (χ2n) is 6.39. The second kappa shape index (κ2) is 6.42. The molecule has 1 aromatic carbocycles. The number of morpholine rings is 1. The van der Waals surface area contributed by atoms with Crippen molar-refractivity contribution in [3.63, 3.8) is 0 Å². The van der Waals surface area contributed by atoms with E-state index >= 15 is 0 Å². The van der Waals surface area contributed by atoms with Gasteiger partial charge >= 0.3 is 0 Å². The van der Waals surface area contributed by atoms with Crippen molar-refractivity contribution in [2.24, 2.45) is 7.05 Å². The van der Waals surface area contributed by atoms with Crippen LogP contribution in [0.1, 0.15) is 23.4 Å². The highest BCUT2D eigenvalue weighted by atomic mass is 16.5. The van der Waals surface area contributed by atoms with E-state index in [2.05, 4.69) is 25.5 Å². The van der Waals surface area contributed by atoms with Crippen LogP contribution in [-0.2, 0) is 18.3 Å². The maximum atomic E-state index is 11.8. The first kappa shape index (κ1) is 16.0. The van der Waals surface area contributed by atoms with Crippen molar-refractivity contribution in [2.45, 2.75) is 19.5 Å². The van der Waals surface area contributed by atoms with Gasteiger partial charge in [-0.2, -0.15) is 0 Å². The molecule has 0 saturated carbocycles. The molecule has 0 amide bonds. The summed E-state index contributed by atoms with van der Waals surface area (Å²) in [6.07, 6.45) is 0. The van der Waals surface area contributed by atoms with Gasteiger partial charge in [0.2, 0.25) is 0 Å². The number of hydrogen-bond acceptors (Lipinski definition) is 5. The van der Waals surface area contributed by atoms with Gasteiger partial charge in [0.25, 0.3) is 5.56 Å². The minimum Gasteiger partial charge on any atom is -0.378 e. The molecular weight excluding hydrogens is 318 g/mol. The first-order valence-electron chi connectivity index (χ1n) is 8.42. The van der Waals surface area contributed by atoms with Crippen LogP contribution in [0.25, 0.3) is 11.0 Å². The number of nitrogens with one attached hydrogen (secondary N) is 1. The van der Waals surface area contributed by atoms with Gasteiger partial charge in [0.1, 0.15) is 11.6 Å². The Balaban J connectivity index is 1.66. The number of nitrogens with zero attached hydrogens (tertiary/aromatic N) is 4. The summed E-state index contributed by atoms with van der Waals surface area (Å²) < 4.78 is 7.78. The smallest absolute Gasteiger partial charge is 0.251 e. The van der Waals surface area contributed by atoms with Gasteiger partial charge in [-0.05, 0) is 19.1 Å². The summed E-state index contributed by atoms with van der Waals surface area (Å²) in [6.45, 7) is 4.46. The van der Waals surface area contributed by atoms with Crippen molar-refractivity contribution >= 4 is 11.0 Å². The second-order valence-corrected chi connectivity index (χ2v) is 6.39. The Morgan fingerprint density at radius 1 is 1.32 bits per heavy atom. The third-order valence-electron chi connectivity index (χ3n) is 4.68. The predicted molar refractivity (Wildman–Crippen MR) is 94.3 cm³/mol. The van der Waals surface area contributed by atoms with Gasteiger partial charge in [-0.3, -0.25) is 9.69 Å². The van der Waals surface area contributed by atoms with E-state index in [4.69, 9.17) is 9.72 Å². The van der Waals surface area contributed by atoms with E-state index in [0.717, 1.165) is 29.1 Å². The van der Waals surface area contributed by atoms with E-state index in [0.29, 0.717) is 25.6 Å². The molecule has 0 aliphatic carbocycles. The fourth-order valence-corrected chi connectivity index (χ4v) is 3.39. The van der Waals surface area contributed by atoms with Crippen molar-refractivity contribution in [1.29, 1.82) is 0 Å². The average Bonchev–Trinajstić information content (AvgIpc) is 2.91.